The number of nitrogens with one attached hydrogen (secondary N) is 2. The SMILES string of the molecule is Cc1ccc(S(=O)(=O)NC2CC2)cc1C(=O)NCCCc1nc2c(s1)CCCC2. The maximum atomic E-state index is 12.6. The van der Waals surface area contributed by atoms with Gasteiger partial charge in [-0.25, -0.2) is 18.1 Å². The lowest BCUT2D eigenvalue weighted by atomic mass is 10.0. The van der Waals surface area contributed by atoms with E-state index in [-0.39, 0.29) is 16.8 Å². The predicted molar refractivity (Wildman–Crippen MR) is 114 cm³/mol. The summed E-state index contributed by atoms with van der Waals surface area (Å²) in [7, 11) is -3.57. The molecule has 29 heavy (non-hydrogen) atoms. The van der Waals surface area contributed by atoms with Crippen molar-refractivity contribution in [3.63, 3.8) is 0 Å². The van der Waals surface area contributed by atoms with E-state index >= 15 is 0 Å². The average Bonchev–Trinajstić information content (AvgIpc) is 3.39. The average molecular weight is 434 g/mol. The van der Waals surface area contributed by atoms with Crippen LogP contribution in [0.15, 0.2) is 23.1 Å². The van der Waals surface area contributed by atoms with Gasteiger partial charge in [0.15, 0.2) is 0 Å². The van der Waals surface area contributed by atoms with Crippen molar-refractivity contribution < 1.29 is 13.2 Å². The second kappa shape index (κ2) is 8.53. The number of sulfonamides is 1. The van der Waals surface area contributed by atoms with Crippen molar-refractivity contribution in [2.24, 2.45) is 0 Å². The molecule has 0 bridgehead atoms. The van der Waals surface area contributed by atoms with Crippen molar-refractivity contribution in [2.45, 2.75) is 69.2 Å². The third kappa shape index (κ3) is 5.05. The smallest absolute Gasteiger partial charge is 0.251 e. The van der Waals surface area contributed by atoms with Gasteiger partial charge in [0.2, 0.25) is 10.0 Å². The number of hydrogen-bond acceptors (Lipinski definition) is 5. The fraction of sp³-hybridized carbons (Fsp3) is 0.524. The Morgan fingerprint density at radius 2 is 2.03 bits per heavy atom. The van der Waals surface area contributed by atoms with Crippen LogP contribution in [0.3, 0.4) is 0 Å². The van der Waals surface area contributed by atoms with Crippen LogP contribution in [-0.2, 0) is 29.3 Å². The van der Waals surface area contributed by atoms with E-state index in [9.17, 15) is 13.2 Å². The summed E-state index contributed by atoms with van der Waals surface area (Å²) in [4.78, 5) is 18.9. The summed E-state index contributed by atoms with van der Waals surface area (Å²) < 4.78 is 27.5. The molecule has 1 aromatic heterocycles. The maximum Gasteiger partial charge on any atom is 0.251 e. The number of nitrogens with zero attached hydrogens (tertiary/aromatic N) is 1. The first kappa shape index (κ1) is 20.5. The molecule has 2 aliphatic carbocycles. The number of aromatic nitrogens is 1. The van der Waals surface area contributed by atoms with Gasteiger partial charge in [-0.1, -0.05) is 6.07 Å². The molecule has 1 amide bonds. The van der Waals surface area contributed by atoms with Crippen molar-refractivity contribution in [3.05, 3.63) is 44.9 Å². The molecule has 0 aliphatic heterocycles. The molecule has 2 aliphatic rings. The van der Waals surface area contributed by atoms with Crippen LogP contribution in [-0.4, -0.2) is 31.9 Å². The van der Waals surface area contributed by atoms with Gasteiger partial charge >= 0.3 is 0 Å². The Morgan fingerprint density at radius 1 is 1.24 bits per heavy atom. The standard InChI is InChI=1S/C21H27N3O3S2/c1-14-8-11-16(29(26,27)24-15-9-10-15)13-17(14)21(25)22-12-4-7-20-23-18-5-2-3-6-19(18)28-20/h8,11,13,15,24H,2-7,9-10,12H2,1H3,(H,22,25). The first-order chi connectivity index (χ1) is 13.9. The number of aryl methyl sites for hydroxylation is 4. The molecule has 0 saturated heterocycles. The van der Waals surface area contributed by atoms with E-state index < -0.39 is 10.0 Å². The van der Waals surface area contributed by atoms with Crippen molar-refractivity contribution in [3.8, 4) is 0 Å². The van der Waals surface area contributed by atoms with E-state index in [0.717, 1.165) is 49.1 Å². The monoisotopic (exact) mass is 433 g/mol. The fourth-order valence-electron chi connectivity index (χ4n) is 3.55. The molecule has 1 saturated carbocycles. The van der Waals surface area contributed by atoms with Gasteiger partial charge in [-0.3, -0.25) is 4.79 Å². The third-order valence-electron chi connectivity index (χ3n) is 5.41. The van der Waals surface area contributed by atoms with Crippen molar-refractivity contribution >= 4 is 27.3 Å². The zero-order valence-electron chi connectivity index (χ0n) is 16.7. The van der Waals surface area contributed by atoms with Gasteiger partial charge in [-0.2, -0.15) is 0 Å². The zero-order valence-corrected chi connectivity index (χ0v) is 18.3. The van der Waals surface area contributed by atoms with Crippen molar-refractivity contribution in [2.75, 3.05) is 6.54 Å². The molecule has 156 valence electrons. The van der Waals surface area contributed by atoms with Crippen LogP contribution in [0.2, 0.25) is 0 Å². The molecule has 0 unspecified atom stereocenters. The number of rotatable bonds is 8. The summed E-state index contributed by atoms with van der Waals surface area (Å²) in [6, 6.07) is 4.76. The molecular formula is C21H27N3O3S2. The Hall–Kier alpha value is -1.77. The minimum absolute atomic E-state index is 0.0371. The normalized spacial score (nSPS) is 16.4. The first-order valence-electron chi connectivity index (χ1n) is 10.3. The Morgan fingerprint density at radius 3 is 2.79 bits per heavy atom. The third-order valence-corrected chi connectivity index (χ3v) is 8.14. The van der Waals surface area contributed by atoms with Gasteiger partial charge in [0.05, 0.1) is 15.6 Å². The number of amides is 1. The highest BCUT2D eigenvalue weighted by Crippen LogP contribution is 2.27. The van der Waals surface area contributed by atoms with Gasteiger partial charge in [-0.05, 0) is 69.6 Å². The topological polar surface area (TPSA) is 88.2 Å². The van der Waals surface area contributed by atoms with Gasteiger partial charge in [0.1, 0.15) is 0 Å². The van der Waals surface area contributed by atoms with Crippen LogP contribution in [0.4, 0.5) is 0 Å². The summed E-state index contributed by atoms with van der Waals surface area (Å²) in [5.41, 5.74) is 2.45. The van der Waals surface area contributed by atoms with E-state index in [4.69, 9.17) is 4.98 Å². The van der Waals surface area contributed by atoms with Gasteiger partial charge in [0, 0.05) is 29.4 Å². The van der Waals surface area contributed by atoms with E-state index in [0.29, 0.717) is 12.1 Å². The van der Waals surface area contributed by atoms with Gasteiger partial charge < -0.3 is 5.32 Å². The Balaban J connectivity index is 1.33. The quantitative estimate of drug-likeness (QED) is 0.626. The second-order valence-electron chi connectivity index (χ2n) is 7.92. The molecule has 0 radical (unpaired) electrons. The number of carbonyl (C=O) groups is 1. The lowest BCUT2D eigenvalue weighted by molar-refractivity contribution is 0.0952. The van der Waals surface area contributed by atoms with Gasteiger partial charge in [-0.15, -0.1) is 11.3 Å². The Kier molecular flexibility index (Phi) is 6.03. The van der Waals surface area contributed by atoms with E-state index in [1.807, 2.05) is 18.3 Å². The fourth-order valence-corrected chi connectivity index (χ4v) is 6.08. The van der Waals surface area contributed by atoms with Crippen LogP contribution in [0.5, 0.6) is 0 Å². The van der Waals surface area contributed by atoms with Crippen LogP contribution in [0.25, 0.3) is 0 Å². The molecule has 8 heteroatoms. The van der Waals surface area contributed by atoms with Gasteiger partial charge in [0.25, 0.3) is 5.91 Å². The molecule has 1 heterocycles. The lowest BCUT2D eigenvalue weighted by Gasteiger charge is -2.11. The molecule has 4 rings (SSSR count). The van der Waals surface area contributed by atoms with E-state index in [2.05, 4.69) is 10.0 Å². The van der Waals surface area contributed by atoms with Crippen LogP contribution >= 0.6 is 11.3 Å². The van der Waals surface area contributed by atoms with Crippen molar-refractivity contribution in [1.29, 1.82) is 0 Å². The van der Waals surface area contributed by atoms with Crippen LogP contribution < -0.4 is 10.0 Å². The Labute approximate surface area is 176 Å². The maximum absolute atomic E-state index is 12.6. The molecule has 0 atom stereocenters. The Bertz CT molecular complexity index is 987. The number of benzene rings is 1. The van der Waals surface area contributed by atoms with Crippen molar-refractivity contribution in [1.82, 2.24) is 15.0 Å². The summed E-state index contributed by atoms with van der Waals surface area (Å²) in [6.07, 6.45) is 8.16. The summed E-state index contributed by atoms with van der Waals surface area (Å²) >= 11 is 1.81. The highest BCUT2D eigenvalue weighted by Gasteiger charge is 2.28. The zero-order chi connectivity index (χ0) is 20.4. The minimum Gasteiger partial charge on any atom is -0.352 e. The second-order valence-corrected chi connectivity index (χ2v) is 10.8. The highest BCUT2D eigenvalue weighted by molar-refractivity contribution is 7.89. The molecule has 2 N–H and O–H groups in total. The summed E-state index contributed by atoms with van der Waals surface area (Å²) in [6.45, 7) is 2.36. The summed E-state index contributed by atoms with van der Waals surface area (Å²) in [5.74, 6) is -0.232. The lowest BCUT2D eigenvalue weighted by Crippen LogP contribution is -2.28. The molecule has 1 aromatic carbocycles. The van der Waals surface area contributed by atoms with E-state index in [1.54, 1.807) is 12.1 Å². The van der Waals surface area contributed by atoms with Crippen LogP contribution in [0, 0.1) is 6.92 Å². The molecule has 6 nitrogen and oxygen atoms in total. The molecule has 1 fully saturated rings. The minimum atomic E-state index is -3.57. The van der Waals surface area contributed by atoms with Crippen LogP contribution in [0.1, 0.15) is 63.6 Å². The molecule has 0 spiro atoms. The number of hydrogen-bond donors (Lipinski definition) is 2. The molecular weight excluding hydrogens is 406 g/mol. The largest absolute Gasteiger partial charge is 0.352 e. The van der Waals surface area contributed by atoms with E-state index in [1.165, 1.54) is 29.5 Å². The predicted octanol–water partition coefficient (Wildman–Crippen LogP) is 3.13. The number of carbonyl (C=O) groups excluding carboxylic acids is 1. The number of fused-ring (bicyclic) bond motifs is 1. The highest BCUT2D eigenvalue weighted by atomic mass is 32.2. The molecule has 2 aromatic rings. The number of thiazole rings is 1. The first-order valence-corrected chi connectivity index (χ1v) is 12.6. The summed E-state index contributed by atoms with van der Waals surface area (Å²) in [5, 5.41) is 4.08.